The Bertz CT molecular complexity index is 569. The van der Waals surface area contributed by atoms with Gasteiger partial charge in [-0.1, -0.05) is 17.7 Å². The number of benzene rings is 1. The Morgan fingerprint density at radius 1 is 1.16 bits per heavy atom. The number of carbonyl (C=O) groups is 1. The van der Waals surface area contributed by atoms with Crippen molar-refractivity contribution in [1.29, 1.82) is 0 Å². The molecule has 0 radical (unpaired) electrons. The van der Waals surface area contributed by atoms with Gasteiger partial charge in [-0.2, -0.15) is 0 Å². The Morgan fingerprint density at radius 2 is 1.79 bits per heavy atom. The normalized spacial score (nSPS) is 9.95. The summed E-state index contributed by atoms with van der Waals surface area (Å²) in [4.78, 5) is 18.8. The molecule has 0 spiro atoms. The number of aliphatic carboxylic acids is 1. The fourth-order valence-electron chi connectivity index (χ4n) is 1.49. The lowest BCUT2D eigenvalue weighted by molar-refractivity contribution is -0.134. The molecule has 0 saturated heterocycles. The molecule has 1 aromatic carbocycles. The van der Waals surface area contributed by atoms with Crippen LogP contribution in [0.1, 0.15) is 5.56 Å². The molecule has 0 saturated carbocycles. The first-order valence-electron chi connectivity index (χ1n) is 5.75. The Balaban J connectivity index is 2.15. The molecule has 6 nitrogen and oxygen atoms in total. The molecule has 0 fully saturated rings. The molecule has 0 unspecified atom stereocenters. The maximum absolute atomic E-state index is 10.5. The van der Waals surface area contributed by atoms with E-state index >= 15 is 0 Å². The van der Waals surface area contributed by atoms with Crippen LogP contribution >= 0.6 is 0 Å². The van der Waals surface area contributed by atoms with Gasteiger partial charge in [0.15, 0.2) is 11.6 Å². The predicted octanol–water partition coefficient (Wildman–Crippen LogP) is 2.03. The third-order valence-corrected chi connectivity index (χ3v) is 2.42. The Kier molecular flexibility index (Phi) is 3.92. The van der Waals surface area contributed by atoms with Gasteiger partial charge >= 0.3 is 5.97 Å². The number of nitrogens with zero attached hydrogens (tertiary/aromatic N) is 2. The molecule has 2 aromatic rings. The highest BCUT2D eigenvalue weighted by Crippen LogP contribution is 2.20. The standard InChI is InChI=1S/C13H14N4O2/c1-9-2-4-10(5-3-9)17-13-12(14-6-7-15-13)16-8-11(18)19/h2-7H,8H2,1H3,(H,14,16)(H,15,17)(H,18,19). The zero-order valence-corrected chi connectivity index (χ0v) is 10.4. The van der Waals surface area contributed by atoms with Crippen LogP contribution < -0.4 is 10.6 Å². The topological polar surface area (TPSA) is 87.1 Å². The van der Waals surface area contributed by atoms with Crippen LogP contribution in [0.4, 0.5) is 17.3 Å². The van der Waals surface area contributed by atoms with E-state index in [0.717, 1.165) is 11.3 Å². The van der Waals surface area contributed by atoms with Crippen LogP contribution in [-0.4, -0.2) is 27.6 Å². The molecule has 98 valence electrons. The summed E-state index contributed by atoms with van der Waals surface area (Å²) in [6.45, 7) is 1.80. The average Bonchev–Trinajstić information content (AvgIpc) is 2.40. The van der Waals surface area contributed by atoms with Gasteiger partial charge in [-0.3, -0.25) is 4.79 Å². The number of hydrogen-bond donors (Lipinski definition) is 3. The van der Waals surface area contributed by atoms with Crippen LogP contribution in [0.5, 0.6) is 0 Å². The van der Waals surface area contributed by atoms with Crippen molar-refractivity contribution < 1.29 is 9.90 Å². The Labute approximate surface area is 110 Å². The van der Waals surface area contributed by atoms with Crippen LogP contribution in [0, 0.1) is 6.92 Å². The maximum atomic E-state index is 10.5. The summed E-state index contributed by atoms with van der Waals surface area (Å²) in [6.07, 6.45) is 3.05. The SMILES string of the molecule is Cc1ccc(Nc2nccnc2NCC(=O)O)cc1. The van der Waals surface area contributed by atoms with Gasteiger partial charge in [0.2, 0.25) is 0 Å². The van der Waals surface area contributed by atoms with E-state index in [1.807, 2.05) is 31.2 Å². The molecular weight excluding hydrogens is 244 g/mol. The van der Waals surface area contributed by atoms with Crippen molar-refractivity contribution in [3.8, 4) is 0 Å². The number of carboxylic acid groups (broad SMARTS) is 1. The van der Waals surface area contributed by atoms with Crippen molar-refractivity contribution in [3.05, 3.63) is 42.2 Å². The van der Waals surface area contributed by atoms with Gasteiger partial charge in [0, 0.05) is 18.1 Å². The number of hydrogen-bond acceptors (Lipinski definition) is 5. The summed E-state index contributed by atoms with van der Waals surface area (Å²) >= 11 is 0. The predicted molar refractivity (Wildman–Crippen MR) is 72.6 cm³/mol. The summed E-state index contributed by atoms with van der Waals surface area (Å²) < 4.78 is 0. The molecule has 0 aliphatic rings. The zero-order valence-electron chi connectivity index (χ0n) is 10.4. The fraction of sp³-hybridized carbons (Fsp3) is 0.154. The first kappa shape index (κ1) is 12.8. The molecule has 0 aliphatic carbocycles. The summed E-state index contributed by atoms with van der Waals surface area (Å²) in [5.41, 5.74) is 2.03. The van der Waals surface area contributed by atoms with Crippen molar-refractivity contribution in [2.24, 2.45) is 0 Å². The fourth-order valence-corrected chi connectivity index (χ4v) is 1.49. The molecule has 0 atom stereocenters. The van der Waals surface area contributed by atoms with Gasteiger partial charge in [0.1, 0.15) is 6.54 Å². The summed E-state index contributed by atoms with van der Waals surface area (Å²) in [7, 11) is 0. The van der Waals surface area contributed by atoms with E-state index in [1.54, 1.807) is 6.20 Å². The molecule has 0 amide bonds. The summed E-state index contributed by atoms with van der Waals surface area (Å²) in [6, 6.07) is 7.79. The van der Waals surface area contributed by atoms with Gasteiger partial charge in [-0.15, -0.1) is 0 Å². The summed E-state index contributed by atoms with van der Waals surface area (Å²) in [5, 5.41) is 14.5. The van der Waals surface area contributed by atoms with Crippen molar-refractivity contribution in [2.45, 2.75) is 6.92 Å². The van der Waals surface area contributed by atoms with Crippen LogP contribution in [0.25, 0.3) is 0 Å². The van der Waals surface area contributed by atoms with E-state index in [0.29, 0.717) is 11.6 Å². The second kappa shape index (κ2) is 5.81. The summed E-state index contributed by atoms with van der Waals surface area (Å²) in [5.74, 6) is -0.0509. The molecule has 1 aromatic heterocycles. The number of aryl methyl sites for hydroxylation is 1. The van der Waals surface area contributed by atoms with E-state index in [1.165, 1.54) is 6.20 Å². The minimum absolute atomic E-state index is 0.207. The van der Waals surface area contributed by atoms with Gasteiger partial charge in [0.25, 0.3) is 0 Å². The van der Waals surface area contributed by atoms with Crippen LogP contribution in [0.15, 0.2) is 36.7 Å². The molecule has 1 heterocycles. The van der Waals surface area contributed by atoms with Crippen molar-refractivity contribution in [2.75, 3.05) is 17.2 Å². The minimum atomic E-state index is -0.952. The molecular formula is C13H14N4O2. The second-order valence-electron chi connectivity index (χ2n) is 3.99. The van der Waals surface area contributed by atoms with Gasteiger partial charge in [-0.25, -0.2) is 9.97 Å². The first-order valence-corrected chi connectivity index (χ1v) is 5.75. The molecule has 6 heteroatoms. The smallest absolute Gasteiger partial charge is 0.322 e. The highest BCUT2D eigenvalue weighted by atomic mass is 16.4. The Morgan fingerprint density at radius 3 is 2.42 bits per heavy atom. The highest BCUT2D eigenvalue weighted by molar-refractivity contribution is 5.75. The lowest BCUT2D eigenvalue weighted by atomic mass is 10.2. The monoisotopic (exact) mass is 258 g/mol. The van der Waals surface area contributed by atoms with Crippen molar-refractivity contribution >= 4 is 23.3 Å². The van der Waals surface area contributed by atoms with E-state index < -0.39 is 5.97 Å². The number of carboxylic acids is 1. The van der Waals surface area contributed by atoms with Gasteiger partial charge in [-0.05, 0) is 19.1 Å². The maximum Gasteiger partial charge on any atom is 0.322 e. The number of rotatable bonds is 5. The van der Waals surface area contributed by atoms with E-state index in [4.69, 9.17) is 5.11 Å². The minimum Gasteiger partial charge on any atom is -0.480 e. The van der Waals surface area contributed by atoms with E-state index in [-0.39, 0.29) is 6.54 Å². The van der Waals surface area contributed by atoms with E-state index in [9.17, 15) is 4.79 Å². The molecule has 0 aliphatic heterocycles. The lowest BCUT2D eigenvalue weighted by Crippen LogP contribution is -2.14. The number of anilines is 3. The molecule has 19 heavy (non-hydrogen) atoms. The molecule has 0 bridgehead atoms. The van der Waals surface area contributed by atoms with Gasteiger partial charge in [0.05, 0.1) is 0 Å². The Hall–Kier alpha value is -2.63. The van der Waals surface area contributed by atoms with Crippen molar-refractivity contribution in [3.63, 3.8) is 0 Å². The third-order valence-electron chi connectivity index (χ3n) is 2.42. The van der Waals surface area contributed by atoms with E-state index in [2.05, 4.69) is 20.6 Å². The molecule has 2 rings (SSSR count). The number of aromatic nitrogens is 2. The second-order valence-corrected chi connectivity index (χ2v) is 3.99. The average molecular weight is 258 g/mol. The van der Waals surface area contributed by atoms with Crippen LogP contribution in [0.2, 0.25) is 0 Å². The highest BCUT2D eigenvalue weighted by Gasteiger charge is 2.06. The zero-order chi connectivity index (χ0) is 13.7. The quantitative estimate of drug-likeness (QED) is 0.760. The third kappa shape index (κ3) is 3.67. The molecule has 3 N–H and O–H groups in total. The van der Waals surface area contributed by atoms with Crippen molar-refractivity contribution in [1.82, 2.24) is 9.97 Å². The van der Waals surface area contributed by atoms with Gasteiger partial charge < -0.3 is 15.7 Å². The first-order chi connectivity index (χ1) is 9.15. The van der Waals surface area contributed by atoms with Crippen LogP contribution in [0.3, 0.4) is 0 Å². The lowest BCUT2D eigenvalue weighted by Gasteiger charge is -2.10. The van der Waals surface area contributed by atoms with Crippen LogP contribution in [-0.2, 0) is 4.79 Å². The number of nitrogens with one attached hydrogen (secondary N) is 2. The largest absolute Gasteiger partial charge is 0.480 e.